The van der Waals surface area contributed by atoms with Crippen molar-refractivity contribution in [3.63, 3.8) is 0 Å². The van der Waals surface area contributed by atoms with Crippen LogP contribution in [0.2, 0.25) is 0 Å². The van der Waals surface area contributed by atoms with Crippen molar-refractivity contribution in [1.82, 2.24) is 0 Å². The minimum atomic E-state index is -2.56. The molecule has 0 aromatic rings. The molecule has 0 aliphatic carbocycles. The van der Waals surface area contributed by atoms with E-state index >= 15 is 0 Å². The molecule has 1 aliphatic rings. The molecule has 0 saturated carbocycles. The van der Waals surface area contributed by atoms with E-state index in [-0.39, 0.29) is 6.10 Å². The lowest BCUT2D eigenvalue weighted by atomic mass is 10.2. The minimum absolute atomic E-state index is 0.147. The summed E-state index contributed by atoms with van der Waals surface area (Å²) in [5.41, 5.74) is 0. The summed E-state index contributed by atoms with van der Waals surface area (Å²) in [6.07, 6.45) is 2.78. The van der Waals surface area contributed by atoms with Crippen LogP contribution in [0.4, 0.5) is 0 Å². The first-order valence-electron chi connectivity index (χ1n) is 4.63. The zero-order valence-corrected chi connectivity index (χ0v) is 9.13. The van der Waals surface area contributed by atoms with Crippen LogP contribution in [-0.4, -0.2) is 37.5 Å². The Morgan fingerprint density at radius 2 is 2.38 bits per heavy atom. The standard InChI is InChI=1S/C8H18O4P/c1-3-13(9,10-2)12-7-8-5-4-6-11-8/h8-9H,3-7H2,1-2H3/q+1/t8-,13?/m0/s1. The second kappa shape index (κ2) is 5.23. The first kappa shape index (κ1) is 11.3. The van der Waals surface area contributed by atoms with Crippen molar-refractivity contribution in [2.75, 3.05) is 26.5 Å². The van der Waals surface area contributed by atoms with E-state index in [0.717, 1.165) is 19.4 Å². The quantitative estimate of drug-likeness (QED) is 0.699. The van der Waals surface area contributed by atoms with Gasteiger partial charge in [0.15, 0.2) is 0 Å². The summed E-state index contributed by atoms with van der Waals surface area (Å²) in [5, 5.41) is 0. The van der Waals surface area contributed by atoms with Crippen molar-refractivity contribution < 1.29 is 18.7 Å². The van der Waals surface area contributed by atoms with Crippen LogP contribution in [0.15, 0.2) is 0 Å². The summed E-state index contributed by atoms with van der Waals surface area (Å²) >= 11 is 0. The fourth-order valence-electron chi connectivity index (χ4n) is 1.25. The molecule has 1 heterocycles. The maximum absolute atomic E-state index is 9.70. The van der Waals surface area contributed by atoms with E-state index in [1.54, 1.807) is 0 Å². The molecule has 4 nitrogen and oxygen atoms in total. The Bertz CT molecular complexity index is 143. The van der Waals surface area contributed by atoms with E-state index in [1.807, 2.05) is 6.92 Å². The molecule has 0 amide bonds. The van der Waals surface area contributed by atoms with Crippen LogP contribution in [0.25, 0.3) is 0 Å². The van der Waals surface area contributed by atoms with Crippen molar-refractivity contribution >= 4 is 7.94 Å². The highest BCUT2D eigenvalue weighted by atomic mass is 31.2. The highest BCUT2D eigenvalue weighted by Crippen LogP contribution is 2.55. The molecule has 1 unspecified atom stereocenters. The van der Waals surface area contributed by atoms with Crippen molar-refractivity contribution in [2.45, 2.75) is 25.9 Å². The molecule has 2 atom stereocenters. The van der Waals surface area contributed by atoms with Gasteiger partial charge >= 0.3 is 7.94 Å². The van der Waals surface area contributed by atoms with Crippen LogP contribution in [-0.2, 0) is 13.8 Å². The molecule has 0 spiro atoms. The van der Waals surface area contributed by atoms with Gasteiger partial charge in [-0.3, -0.25) is 0 Å². The molecule has 0 aromatic carbocycles. The van der Waals surface area contributed by atoms with Gasteiger partial charge in [-0.05, 0) is 19.8 Å². The van der Waals surface area contributed by atoms with Gasteiger partial charge in [0.05, 0.1) is 13.2 Å². The van der Waals surface area contributed by atoms with Crippen LogP contribution in [0, 0.1) is 0 Å². The Morgan fingerprint density at radius 1 is 1.62 bits per heavy atom. The van der Waals surface area contributed by atoms with Crippen LogP contribution < -0.4 is 0 Å². The SMILES string of the molecule is CC[P+](O)(OC)OC[C@@H]1CCCO1. The second-order valence-electron chi connectivity index (χ2n) is 3.07. The molecule has 78 valence electrons. The summed E-state index contributed by atoms with van der Waals surface area (Å²) < 4.78 is 15.6. The Morgan fingerprint density at radius 3 is 2.85 bits per heavy atom. The summed E-state index contributed by atoms with van der Waals surface area (Å²) in [6, 6.07) is 0. The van der Waals surface area contributed by atoms with Gasteiger partial charge in [0, 0.05) is 6.61 Å². The zero-order chi connectivity index (χ0) is 9.73. The van der Waals surface area contributed by atoms with Crippen molar-refractivity contribution in [2.24, 2.45) is 0 Å². The van der Waals surface area contributed by atoms with Crippen molar-refractivity contribution in [1.29, 1.82) is 0 Å². The highest BCUT2D eigenvalue weighted by molar-refractivity contribution is 7.60. The predicted octanol–water partition coefficient (Wildman–Crippen LogP) is 1.60. The van der Waals surface area contributed by atoms with E-state index in [1.165, 1.54) is 7.11 Å². The molecule has 1 fully saturated rings. The molecular weight excluding hydrogens is 191 g/mol. The molecular formula is C8H18O4P+. The smallest absolute Gasteiger partial charge is 0.376 e. The van der Waals surface area contributed by atoms with Crippen LogP contribution in [0.3, 0.4) is 0 Å². The molecule has 1 rings (SSSR count). The van der Waals surface area contributed by atoms with Gasteiger partial charge < -0.3 is 4.74 Å². The molecule has 1 N–H and O–H groups in total. The average Bonchev–Trinajstić information content (AvgIpc) is 2.67. The molecule has 13 heavy (non-hydrogen) atoms. The number of ether oxygens (including phenoxy) is 1. The molecule has 0 aromatic heterocycles. The molecule has 5 heteroatoms. The Hall–Kier alpha value is 0.270. The van der Waals surface area contributed by atoms with Crippen LogP contribution in [0.1, 0.15) is 19.8 Å². The third kappa shape index (κ3) is 3.49. The summed E-state index contributed by atoms with van der Waals surface area (Å²) in [5.74, 6) is 0. The van der Waals surface area contributed by atoms with Crippen molar-refractivity contribution in [3.05, 3.63) is 0 Å². The first-order chi connectivity index (χ1) is 6.20. The maximum Gasteiger partial charge on any atom is 0.408 e. The predicted molar refractivity (Wildman–Crippen MR) is 51.6 cm³/mol. The highest BCUT2D eigenvalue weighted by Gasteiger charge is 2.38. The maximum atomic E-state index is 9.70. The summed E-state index contributed by atoms with van der Waals surface area (Å²) in [4.78, 5) is 9.70. The largest absolute Gasteiger partial charge is 0.408 e. The van der Waals surface area contributed by atoms with E-state index in [4.69, 9.17) is 13.8 Å². The second-order valence-corrected chi connectivity index (χ2v) is 5.60. The van der Waals surface area contributed by atoms with Crippen LogP contribution >= 0.6 is 7.94 Å². The van der Waals surface area contributed by atoms with Gasteiger partial charge in [0.1, 0.15) is 12.8 Å². The zero-order valence-electron chi connectivity index (χ0n) is 8.23. The number of hydrogen-bond donors (Lipinski definition) is 1. The normalized spacial score (nSPS) is 27.5. The Balaban J connectivity index is 2.22. The van der Waals surface area contributed by atoms with E-state index in [9.17, 15) is 4.89 Å². The summed E-state index contributed by atoms with van der Waals surface area (Å²) in [7, 11) is -1.08. The van der Waals surface area contributed by atoms with Gasteiger partial charge in [-0.15, -0.1) is 0 Å². The van der Waals surface area contributed by atoms with Crippen molar-refractivity contribution in [3.8, 4) is 0 Å². The third-order valence-corrected chi connectivity index (χ3v) is 4.09. The molecule has 0 radical (unpaired) electrons. The van der Waals surface area contributed by atoms with E-state index in [0.29, 0.717) is 12.8 Å². The lowest BCUT2D eigenvalue weighted by Gasteiger charge is -2.15. The lowest BCUT2D eigenvalue weighted by Crippen LogP contribution is -2.15. The van der Waals surface area contributed by atoms with Gasteiger partial charge in [-0.1, -0.05) is 0 Å². The minimum Gasteiger partial charge on any atom is -0.376 e. The van der Waals surface area contributed by atoms with E-state index < -0.39 is 7.94 Å². The molecule has 1 saturated heterocycles. The van der Waals surface area contributed by atoms with Gasteiger partial charge in [-0.2, -0.15) is 13.9 Å². The number of hydrogen-bond acceptors (Lipinski definition) is 4. The third-order valence-electron chi connectivity index (χ3n) is 2.17. The monoisotopic (exact) mass is 209 g/mol. The van der Waals surface area contributed by atoms with Gasteiger partial charge in [0.2, 0.25) is 0 Å². The summed E-state index contributed by atoms with van der Waals surface area (Å²) in [6.45, 7) is 3.11. The average molecular weight is 209 g/mol. The van der Waals surface area contributed by atoms with Crippen LogP contribution in [0.5, 0.6) is 0 Å². The van der Waals surface area contributed by atoms with Gasteiger partial charge in [0.25, 0.3) is 0 Å². The molecule has 0 bridgehead atoms. The first-order valence-corrected chi connectivity index (χ1v) is 6.39. The lowest BCUT2D eigenvalue weighted by molar-refractivity contribution is 0.0565. The topological polar surface area (TPSA) is 47.9 Å². The van der Waals surface area contributed by atoms with E-state index in [2.05, 4.69) is 0 Å². The fraction of sp³-hybridized carbons (Fsp3) is 1.00. The number of rotatable bonds is 5. The van der Waals surface area contributed by atoms with Gasteiger partial charge in [-0.25, -0.2) is 0 Å². The Labute approximate surface area is 79.8 Å². The Kier molecular flexibility index (Phi) is 4.56. The fourth-order valence-corrected chi connectivity index (χ4v) is 2.19. The molecule has 1 aliphatic heterocycles.